The Labute approximate surface area is 122 Å². The molecule has 0 aromatic carbocycles. The summed E-state index contributed by atoms with van der Waals surface area (Å²) in [5.41, 5.74) is 7.49. The lowest BCUT2D eigenvalue weighted by molar-refractivity contribution is 0.583. The Morgan fingerprint density at radius 3 is 2.80 bits per heavy atom. The summed E-state index contributed by atoms with van der Waals surface area (Å²) in [5, 5.41) is 4.04. The first kappa shape index (κ1) is 15.2. The lowest BCUT2D eigenvalue weighted by atomic mass is 10.3. The zero-order valence-corrected chi connectivity index (χ0v) is 13.1. The number of nitrogens with zero attached hydrogens (tertiary/aromatic N) is 2. The summed E-state index contributed by atoms with van der Waals surface area (Å²) in [7, 11) is -1.62. The van der Waals surface area contributed by atoms with Crippen molar-refractivity contribution < 1.29 is 8.42 Å². The molecule has 3 N–H and O–H groups in total. The van der Waals surface area contributed by atoms with Gasteiger partial charge in [-0.05, 0) is 30.5 Å². The molecule has 20 heavy (non-hydrogen) atoms. The Morgan fingerprint density at radius 2 is 2.25 bits per heavy atom. The van der Waals surface area contributed by atoms with Crippen molar-refractivity contribution in [3.05, 3.63) is 34.5 Å². The lowest BCUT2D eigenvalue weighted by Crippen LogP contribution is -2.25. The van der Waals surface area contributed by atoms with Crippen molar-refractivity contribution in [3.8, 4) is 0 Å². The van der Waals surface area contributed by atoms with Gasteiger partial charge in [-0.1, -0.05) is 0 Å². The molecule has 0 saturated heterocycles. The number of aryl methyl sites for hydroxylation is 2. The zero-order chi connectivity index (χ0) is 14.8. The van der Waals surface area contributed by atoms with Crippen LogP contribution in [-0.4, -0.2) is 24.7 Å². The van der Waals surface area contributed by atoms with Crippen LogP contribution in [0.2, 0.25) is 0 Å². The van der Waals surface area contributed by atoms with Crippen molar-refractivity contribution >= 4 is 21.4 Å². The maximum atomic E-state index is 12.1. The number of sulfonamides is 1. The van der Waals surface area contributed by atoms with Gasteiger partial charge in [0.15, 0.2) is 0 Å². The Kier molecular flexibility index (Phi) is 4.59. The zero-order valence-electron chi connectivity index (χ0n) is 11.5. The molecular formula is C12H18N4O2S2. The number of nitrogens with one attached hydrogen (secondary N) is 1. The summed E-state index contributed by atoms with van der Waals surface area (Å²) in [6.07, 6.45) is 4.22. The quantitative estimate of drug-likeness (QED) is 0.824. The maximum Gasteiger partial charge on any atom is 0.250 e. The fourth-order valence-electron chi connectivity index (χ4n) is 1.83. The van der Waals surface area contributed by atoms with Gasteiger partial charge in [0.2, 0.25) is 10.0 Å². The third-order valence-corrected chi connectivity index (χ3v) is 6.11. The van der Waals surface area contributed by atoms with E-state index in [4.69, 9.17) is 5.73 Å². The van der Waals surface area contributed by atoms with Crippen LogP contribution < -0.4 is 10.5 Å². The van der Waals surface area contributed by atoms with E-state index in [1.165, 1.54) is 11.3 Å². The second-order valence-corrected chi connectivity index (χ2v) is 7.68. The van der Waals surface area contributed by atoms with Crippen LogP contribution >= 0.6 is 11.3 Å². The molecule has 0 bridgehead atoms. The van der Waals surface area contributed by atoms with E-state index < -0.39 is 10.0 Å². The standard InChI is InChI=1S/C12H18N4O2S2/c1-9-5-12(19-11(9)6-13)20(17,18)15-4-3-10-7-14-16(2)8-10/h5,7-8,15H,3-4,6,13H2,1-2H3. The average molecular weight is 314 g/mol. The van der Waals surface area contributed by atoms with E-state index in [-0.39, 0.29) is 0 Å². The van der Waals surface area contributed by atoms with E-state index in [2.05, 4.69) is 9.82 Å². The predicted molar refractivity (Wildman–Crippen MR) is 79.0 cm³/mol. The number of thiophene rings is 1. The molecule has 0 spiro atoms. The molecule has 0 unspecified atom stereocenters. The van der Waals surface area contributed by atoms with Crippen molar-refractivity contribution in [2.45, 2.75) is 24.1 Å². The largest absolute Gasteiger partial charge is 0.326 e. The summed E-state index contributed by atoms with van der Waals surface area (Å²) in [4.78, 5) is 0.901. The molecule has 0 aliphatic carbocycles. The van der Waals surface area contributed by atoms with Gasteiger partial charge in [0.25, 0.3) is 0 Å². The van der Waals surface area contributed by atoms with Crippen molar-refractivity contribution in [2.24, 2.45) is 12.8 Å². The first-order valence-electron chi connectivity index (χ1n) is 6.19. The molecular weight excluding hydrogens is 296 g/mol. The van der Waals surface area contributed by atoms with E-state index in [0.29, 0.717) is 23.7 Å². The molecule has 8 heteroatoms. The average Bonchev–Trinajstić information content (AvgIpc) is 2.95. The Morgan fingerprint density at radius 1 is 1.50 bits per heavy atom. The fraction of sp³-hybridized carbons (Fsp3) is 0.417. The Balaban J connectivity index is 2.00. The normalized spacial score (nSPS) is 11.9. The molecule has 0 amide bonds. The van der Waals surface area contributed by atoms with Crippen LogP contribution in [0.1, 0.15) is 16.0 Å². The maximum absolute atomic E-state index is 12.1. The van der Waals surface area contributed by atoms with Crippen LogP contribution in [0.3, 0.4) is 0 Å². The van der Waals surface area contributed by atoms with Gasteiger partial charge >= 0.3 is 0 Å². The van der Waals surface area contributed by atoms with Gasteiger partial charge in [0, 0.05) is 31.2 Å². The number of aromatic nitrogens is 2. The molecule has 110 valence electrons. The molecule has 0 aliphatic heterocycles. The van der Waals surface area contributed by atoms with E-state index in [1.54, 1.807) is 16.9 Å². The Hall–Kier alpha value is -1.22. The smallest absolute Gasteiger partial charge is 0.250 e. The number of hydrogen-bond donors (Lipinski definition) is 2. The summed E-state index contributed by atoms with van der Waals surface area (Å²) in [6.45, 7) is 2.58. The van der Waals surface area contributed by atoms with Gasteiger partial charge in [-0.2, -0.15) is 5.10 Å². The highest BCUT2D eigenvalue weighted by Crippen LogP contribution is 2.25. The highest BCUT2D eigenvalue weighted by Gasteiger charge is 2.18. The van der Waals surface area contributed by atoms with Gasteiger partial charge in [-0.3, -0.25) is 4.68 Å². The van der Waals surface area contributed by atoms with E-state index in [1.807, 2.05) is 20.2 Å². The second-order valence-electron chi connectivity index (χ2n) is 4.55. The van der Waals surface area contributed by atoms with Crippen molar-refractivity contribution in [1.82, 2.24) is 14.5 Å². The van der Waals surface area contributed by atoms with Gasteiger partial charge in [-0.15, -0.1) is 11.3 Å². The minimum Gasteiger partial charge on any atom is -0.326 e. The molecule has 0 aliphatic rings. The number of nitrogens with two attached hydrogens (primary N) is 1. The molecule has 0 atom stereocenters. The van der Waals surface area contributed by atoms with Gasteiger partial charge < -0.3 is 5.73 Å². The third-order valence-electron chi connectivity index (χ3n) is 2.91. The third kappa shape index (κ3) is 3.45. The first-order valence-corrected chi connectivity index (χ1v) is 8.49. The summed E-state index contributed by atoms with van der Waals surface area (Å²) < 4.78 is 28.9. The van der Waals surface area contributed by atoms with E-state index in [0.717, 1.165) is 16.0 Å². The number of hydrogen-bond acceptors (Lipinski definition) is 5. The van der Waals surface area contributed by atoms with Crippen LogP contribution in [0.15, 0.2) is 22.7 Å². The summed E-state index contributed by atoms with van der Waals surface area (Å²) in [5.74, 6) is 0. The van der Waals surface area contributed by atoms with Crippen molar-refractivity contribution in [3.63, 3.8) is 0 Å². The fourth-order valence-corrected chi connectivity index (χ4v) is 4.37. The minimum atomic E-state index is -3.45. The highest BCUT2D eigenvalue weighted by molar-refractivity contribution is 7.91. The predicted octanol–water partition coefficient (Wildman–Crippen LogP) is 0.770. The molecule has 2 heterocycles. The van der Waals surface area contributed by atoms with E-state index in [9.17, 15) is 8.42 Å². The lowest BCUT2D eigenvalue weighted by Gasteiger charge is -2.03. The van der Waals surface area contributed by atoms with Gasteiger partial charge in [0.1, 0.15) is 4.21 Å². The van der Waals surface area contributed by atoms with Crippen LogP contribution in [0.5, 0.6) is 0 Å². The van der Waals surface area contributed by atoms with Crippen molar-refractivity contribution in [1.29, 1.82) is 0 Å². The monoisotopic (exact) mass is 314 g/mol. The van der Waals surface area contributed by atoms with Gasteiger partial charge in [-0.25, -0.2) is 13.1 Å². The molecule has 2 aromatic rings. The minimum absolute atomic E-state index is 0.321. The van der Waals surface area contributed by atoms with Gasteiger partial charge in [0.05, 0.1) is 6.20 Å². The second kappa shape index (κ2) is 6.04. The molecule has 6 nitrogen and oxygen atoms in total. The molecule has 2 rings (SSSR count). The molecule has 0 fully saturated rings. The SMILES string of the molecule is Cc1cc(S(=O)(=O)NCCc2cnn(C)c2)sc1CN. The molecule has 0 saturated carbocycles. The van der Waals surface area contributed by atoms with Crippen LogP contribution in [0.25, 0.3) is 0 Å². The van der Waals surface area contributed by atoms with Crippen LogP contribution in [-0.2, 0) is 30.0 Å². The van der Waals surface area contributed by atoms with Crippen LogP contribution in [0.4, 0.5) is 0 Å². The topological polar surface area (TPSA) is 90.0 Å². The summed E-state index contributed by atoms with van der Waals surface area (Å²) in [6, 6.07) is 1.67. The first-order chi connectivity index (χ1) is 9.42. The van der Waals surface area contributed by atoms with Crippen molar-refractivity contribution in [2.75, 3.05) is 6.54 Å². The number of rotatable bonds is 6. The molecule has 0 radical (unpaired) electrons. The van der Waals surface area contributed by atoms with Crippen LogP contribution in [0, 0.1) is 6.92 Å². The molecule has 2 aromatic heterocycles. The van der Waals surface area contributed by atoms with E-state index >= 15 is 0 Å². The summed E-state index contributed by atoms with van der Waals surface area (Å²) >= 11 is 1.22. The Bertz CT molecular complexity index is 688. The highest BCUT2D eigenvalue weighted by atomic mass is 32.2.